The van der Waals surface area contributed by atoms with Gasteiger partial charge in [-0.05, 0) is 79.2 Å². The highest BCUT2D eigenvalue weighted by molar-refractivity contribution is 7.99. The Labute approximate surface area is 229 Å². The minimum absolute atomic E-state index is 0.0283. The van der Waals surface area contributed by atoms with Crippen molar-refractivity contribution in [3.63, 3.8) is 0 Å². The van der Waals surface area contributed by atoms with E-state index in [-0.39, 0.29) is 35.4 Å². The SMILES string of the molecule is CO[C@]1(c2ccc(Cl)cc2)c2c(F)cc(C(C)(O)C3CC[SH4]CC3)cc2C(=O)N1Cc1ccc(Cl)cn1. The number of carbonyl (C=O) groups is 1. The number of aromatic nitrogens is 1. The molecule has 9 heteroatoms. The number of hydrogen-bond donors (Lipinski definition) is 1. The zero-order chi connectivity index (χ0) is 26.4. The van der Waals surface area contributed by atoms with Crippen molar-refractivity contribution in [1.29, 1.82) is 0 Å². The first-order valence-electron chi connectivity index (χ1n) is 12.5. The zero-order valence-electron chi connectivity index (χ0n) is 20.8. The van der Waals surface area contributed by atoms with Gasteiger partial charge < -0.3 is 21.6 Å². The summed E-state index contributed by atoms with van der Waals surface area (Å²) < 4.78 is 22.3. The molecule has 2 aliphatic rings. The third kappa shape index (κ3) is 4.55. The molecular weight excluding hydrogens is 534 g/mol. The molecule has 2 aliphatic heterocycles. The zero-order valence-corrected chi connectivity index (χ0v) is 23.7. The van der Waals surface area contributed by atoms with E-state index in [2.05, 4.69) is 4.98 Å². The number of rotatable bonds is 6. The van der Waals surface area contributed by atoms with E-state index in [1.165, 1.54) is 35.8 Å². The number of amides is 1. The van der Waals surface area contributed by atoms with Gasteiger partial charge in [-0.3, -0.25) is 14.7 Å². The summed E-state index contributed by atoms with van der Waals surface area (Å²) in [5, 5.41) is 12.5. The van der Waals surface area contributed by atoms with E-state index >= 15 is 4.39 Å². The number of fused-ring (bicyclic) bond motifs is 1. The summed E-state index contributed by atoms with van der Waals surface area (Å²) >= 11 is 12.1. The molecule has 0 spiro atoms. The molecule has 198 valence electrons. The molecule has 5 nitrogen and oxygen atoms in total. The van der Waals surface area contributed by atoms with Crippen molar-refractivity contribution in [1.82, 2.24) is 9.88 Å². The molecule has 2 aromatic carbocycles. The summed E-state index contributed by atoms with van der Waals surface area (Å²) in [6, 6.07) is 13.2. The van der Waals surface area contributed by atoms with Crippen LogP contribution in [0.2, 0.25) is 10.0 Å². The van der Waals surface area contributed by atoms with Crippen molar-refractivity contribution in [2.24, 2.45) is 5.92 Å². The summed E-state index contributed by atoms with van der Waals surface area (Å²) in [7, 11) is 1.45. The van der Waals surface area contributed by atoms with Crippen LogP contribution in [0.15, 0.2) is 54.7 Å². The first-order valence-corrected chi connectivity index (χ1v) is 15.2. The Hall–Kier alpha value is -2.16. The second-order valence-corrected chi connectivity index (χ2v) is 13.1. The van der Waals surface area contributed by atoms with E-state index in [0.717, 1.165) is 12.8 Å². The molecule has 1 aromatic heterocycles. The molecule has 37 heavy (non-hydrogen) atoms. The van der Waals surface area contributed by atoms with Crippen molar-refractivity contribution < 1.29 is 19.0 Å². The van der Waals surface area contributed by atoms with Crippen LogP contribution in [-0.4, -0.2) is 39.5 Å². The van der Waals surface area contributed by atoms with Crippen molar-refractivity contribution in [3.8, 4) is 0 Å². The van der Waals surface area contributed by atoms with E-state index < -0.39 is 23.1 Å². The minimum atomic E-state index is -1.55. The summed E-state index contributed by atoms with van der Waals surface area (Å²) in [5.41, 5.74) is -0.970. The topological polar surface area (TPSA) is 62.7 Å². The van der Waals surface area contributed by atoms with Gasteiger partial charge in [0.05, 0.1) is 34.0 Å². The summed E-state index contributed by atoms with van der Waals surface area (Å²) in [6.45, 7) is 1.79. The Bertz CT molecular complexity index is 1310. The number of ether oxygens (including phenoxy) is 1. The fraction of sp³-hybridized carbons (Fsp3) is 0.357. The van der Waals surface area contributed by atoms with E-state index in [1.807, 2.05) is 0 Å². The van der Waals surface area contributed by atoms with Gasteiger partial charge in [-0.1, -0.05) is 35.3 Å². The fourth-order valence-corrected chi connectivity index (χ4v) is 8.04. The van der Waals surface area contributed by atoms with Crippen LogP contribution in [0.3, 0.4) is 0 Å². The first kappa shape index (κ1) is 26.4. The van der Waals surface area contributed by atoms with Gasteiger partial charge in [0.25, 0.3) is 5.91 Å². The van der Waals surface area contributed by atoms with E-state index in [0.29, 0.717) is 26.9 Å². The lowest BCUT2D eigenvalue weighted by molar-refractivity contribution is -0.0886. The average Bonchev–Trinajstić information content (AvgIpc) is 3.15. The maximum atomic E-state index is 16.2. The molecule has 1 unspecified atom stereocenters. The maximum absolute atomic E-state index is 16.2. The Morgan fingerprint density at radius 1 is 1.16 bits per heavy atom. The van der Waals surface area contributed by atoms with Crippen molar-refractivity contribution in [2.45, 2.75) is 37.6 Å². The summed E-state index contributed by atoms with van der Waals surface area (Å²) in [5.74, 6) is 1.35. The number of hydrogen-bond acceptors (Lipinski definition) is 4. The highest BCUT2D eigenvalue weighted by Crippen LogP contribution is 2.49. The highest BCUT2D eigenvalue weighted by atomic mass is 35.5. The van der Waals surface area contributed by atoms with Crippen molar-refractivity contribution in [3.05, 3.63) is 98.5 Å². The highest BCUT2D eigenvalue weighted by Gasteiger charge is 2.54. The molecule has 2 atom stereocenters. The number of pyridine rings is 1. The number of methoxy groups -OCH3 is 1. The van der Waals surface area contributed by atoms with Gasteiger partial charge in [-0.2, -0.15) is 0 Å². The third-order valence-corrected chi connectivity index (χ3v) is 10.2. The van der Waals surface area contributed by atoms with Crippen LogP contribution in [0, 0.1) is 11.7 Å². The predicted molar refractivity (Wildman–Crippen MR) is 150 cm³/mol. The molecule has 3 aromatic rings. The van der Waals surface area contributed by atoms with Crippen LogP contribution in [0.5, 0.6) is 0 Å². The number of aliphatic hydroxyl groups is 1. The van der Waals surface area contributed by atoms with Crippen LogP contribution < -0.4 is 0 Å². The smallest absolute Gasteiger partial charge is 0.257 e. The normalized spacial score (nSPS) is 23.4. The monoisotopic (exact) mass is 564 g/mol. The number of nitrogens with zero attached hydrogens (tertiary/aromatic N) is 2. The van der Waals surface area contributed by atoms with Gasteiger partial charge in [0.2, 0.25) is 0 Å². The number of carbonyl (C=O) groups excluding carboxylic acids is 1. The molecule has 5 rings (SSSR count). The summed E-state index contributed by atoms with van der Waals surface area (Å²) in [6.07, 6.45) is 3.35. The number of benzene rings is 2. The predicted octanol–water partition coefficient (Wildman–Crippen LogP) is 5.31. The lowest BCUT2D eigenvalue weighted by Crippen LogP contribution is -2.46. The van der Waals surface area contributed by atoms with Crippen molar-refractivity contribution in [2.75, 3.05) is 18.6 Å². The number of halogens is 3. The van der Waals surface area contributed by atoms with Crippen LogP contribution in [-0.2, 0) is 22.6 Å². The average molecular weight is 566 g/mol. The Kier molecular flexibility index (Phi) is 7.29. The fourth-order valence-electron chi connectivity index (χ4n) is 5.89. The first-order chi connectivity index (χ1) is 17.7. The van der Waals surface area contributed by atoms with Gasteiger partial charge in [0.15, 0.2) is 5.72 Å². The second-order valence-electron chi connectivity index (χ2n) is 10.1. The van der Waals surface area contributed by atoms with Gasteiger partial charge in [0, 0.05) is 23.9 Å². The van der Waals surface area contributed by atoms with Gasteiger partial charge in [-0.15, -0.1) is 0 Å². The van der Waals surface area contributed by atoms with Crippen molar-refractivity contribution >= 4 is 40.9 Å². The van der Waals surface area contributed by atoms with E-state index in [9.17, 15) is 9.90 Å². The molecule has 0 radical (unpaired) electrons. The van der Waals surface area contributed by atoms with Gasteiger partial charge in [0.1, 0.15) is 5.82 Å². The summed E-state index contributed by atoms with van der Waals surface area (Å²) in [4.78, 5) is 19.8. The quantitative estimate of drug-likeness (QED) is 0.440. The van der Waals surface area contributed by atoms with Gasteiger partial charge >= 0.3 is 0 Å². The molecule has 0 aliphatic carbocycles. The Morgan fingerprint density at radius 3 is 2.46 bits per heavy atom. The van der Waals surface area contributed by atoms with Crippen LogP contribution in [0.4, 0.5) is 4.39 Å². The second kappa shape index (κ2) is 10.2. The molecule has 0 saturated carbocycles. The molecule has 1 fully saturated rings. The third-order valence-electron chi connectivity index (χ3n) is 7.91. The lowest BCUT2D eigenvalue weighted by Gasteiger charge is -2.39. The maximum Gasteiger partial charge on any atom is 0.257 e. The molecule has 1 amide bonds. The Balaban J connectivity index is 1.67. The van der Waals surface area contributed by atoms with Gasteiger partial charge in [-0.25, -0.2) is 4.39 Å². The van der Waals surface area contributed by atoms with Crippen LogP contribution >= 0.6 is 35.0 Å². The van der Waals surface area contributed by atoms with Crippen LogP contribution in [0.25, 0.3) is 0 Å². The van der Waals surface area contributed by atoms with E-state index in [1.54, 1.807) is 49.4 Å². The van der Waals surface area contributed by atoms with Crippen LogP contribution in [0.1, 0.15) is 52.5 Å². The minimum Gasteiger partial charge on any atom is -0.385 e. The molecule has 0 bridgehead atoms. The molecular formula is C28H31Cl2FN2O3S. The standard InChI is InChI=1S/C28H31Cl2FN2O3S/c1-27(35,17-9-11-37-12-10-17)19-13-23-25(24(31)14-19)28(36-2,18-3-5-20(29)6-4-18)33(26(23)34)16-22-8-7-21(30)15-32-22/h3-8,13-15,17,35H,9-12,16H2,1-2H3,37H4/t27?,28-/m1/s1. The van der Waals surface area contributed by atoms with E-state index in [4.69, 9.17) is 27.9 Å². The Morgan fingerprint density at radius 2 is 1.84 bits per heavy atom. The molecule has 1 N–H and O–H groups in total. The molecule has 1 saturated heterocycles. The molecule has 3 heterocycles. The largest absolute Gasteiger partial charge is 0.385 e. The lowest BCUT2D eigenvalue weighted by atomic mass is 9.78.